The molecule has 1 aromatic rings. The highest BCUT2D eigenvalue weighted by Crippen LogP contribution is 2.30. The molecule has 0 bridgehead atoms. The number of pyridine rings is 1. The topological polar surface area (TPSA) is 39.9 Å². The van der Waals surface area contributed by atoms with Crippen LogP contribution in [0.3, 0.4) is 0 Å². The Hall–Kier alpha value is -1.40. The Morgan fingerprint density at radius 3 is 2.44 bits per heavy atom. The highest BCUT2D eigenvalue weighted by Gasteiger charge is 2.27. The van der Waals surface area contributed by atoms with Gasteiger partial charge < -0.3 is 4.90 Å². The van der Waals surface area contributed by atoms with E-state index in [0.717, 1.165) is 5.56 Å². The van der Waals surface area contributed by atoms with Crippen molar-refractivity contribution in [3.8, 4) is 6.07 Å². The van der Waals surface area contributed by atoms with Gasteiger partial charge in [0, 0.05) is 12.4 Å². The zero-order valence-electron chi connectivity index (χ0n) is 10.4. The van der Waals surface area contributed by atoms with Crippen molar-refractivity contribution in [2.75, 3.05) is 14.1 Å². The summed E-state index contributed by atoms with van der Waals surface area (Å²) in [7, 11) is 4.01. The van der Waals surface area contributed by atoms with Gasteiger partial charge in [0.15, 0.2) is 0 Å². The third-order valence-electron chi connectivity index (χ3n) is 2.79. The van der Waals surface area contributed by atoms with Crippen LogP contribution in [-0.4, -0.2) is 24.0 Å². The fourth-order valence-corrected chi connectivity index (χ4v) is 1.96. The smallest absolute Gasteiger partial charge is 0.0683 e. The Bertz CT molecular complexity index is 351. The van der Waals surface area contributed by atoms with Gasteiger partial charge in [-0.25, -0.2) is 0 Å². The first-order valence-electron chi connectivity index (χ1n) is 5.54. The molecule has 3 nitrogen and oxygen atoms in total. The highest BCUT2D eigenvalue weighted by molar-refractivity contribution is 5.17. The second-order valence-corrected chi connectivity index (χ2v) is 4.59. The summed E-state index contributed by atoms with van der Waals surface area (Å²) in [6, 6.07) is 6.47. The lowest BCUT2D eigenvalue weighted by Gasteiger charge is -2.30. The first kappa shape index (κ1) is 12.7. The normalized spacial score (nSPS) is 14.8. The van der Waals surface area contributed by atoms with E-state index < -0.39 is 0 Å². The molecular weight excluding hydrogens is 198 g/mol. The van der Waals surface area contributed by atoms with E-state index in [0.29, 0.717) is 5.92 Å². The van der Waals surface area contributed by atoms with E-state index in [1.54, 1.807) is 6.20 Å². The second kappa shape index (κ2) is 5.62. The summed E-state index contributed by atoms with van der Waals surface area (Å²) in [5, 5.41) is 9.28. The molecular formula is C13H19N3. The molecule has 0 saturated heterocycles. The average molecular weight is 217 g/mol. The van der Waals surface area contributed by atoms with Gasteiger partial charge in [0.1, 0.15) is 0 Å². The van der Waals surface area contributed by atoms with Crippen LogP contribution in [0.15, 0.2) is 24.5 Å². The lowest BCUT2D eigenvalue weighted by atomic mass is 9.85. The van der Waals surface area contributed by atoms with Gasteiger partial charge >= 0.3 is 0 Å². The van der Waals surface area contributed by atoms with E-state index in [-0.39, 0.29) is 12.0 Å². The van der Waals surface area contributed by atoms with Crippen LogP contribution in [0.1, 0.15) is 25.5 Å². The molecule has 0 spiro atoms. The summed E-state index contributed by atoms with van der Waals surface area (Å²) in [6.45, 7) is 4.17. The van der Waals surface area contributed by atoms with E-state index in [1.165, 1.54) is 0 Å². The first-order valence-corrected chi connectivity index (χ1v) is 5.54. The van der Waals surface area contributed by atoms with Crippen LogP contribution < -0.4 is 0 Å². The monoisotopic (exact) mass is 217 g/mol. The van der Waals surface area contributed by atoms with Crippen LogP contribution >= 0.6 is 0 Å². The van der Waals surface area contributed by atoms with Gasteiger partial charge in [-0.1, -0.05) is 19.9 Å². The summed E-state index contributed by atoms with van der Waals surface area (Å²) >= 11 is 0. The molecule has 86 valence electrons. The van der Waals surface area contributed by atoms with Crippen molar-refractivity contribution in [1.29, 1.82) is 5.26 Å². The number of rotatable bonds is 4. The molecule has 0 N–H and O–H groups in total. The predicted molar refractivity (Wildman–Crippen MR) is 64.6 cm³/mol. The van der Waals surface area contributed by atoms with Crippen LogP contribution in [0.4, 0.5) is 0 Å². The van der Waals surface area contributed by atoms with E-state index in [2.05, 4.69) is 29.8 Å². The fourth-order valence-electron chi connectivity index (χ4n) is 1.96. The summed E-state index contributed by atoms with van der Waals surface area (Å²) in [5.41, 5.74) is 1.10. The summed E-state index contributed by atoms with van der Waals surface area (Å²) in [6.07, 6.45) is 3.60. The first-order chi connectivity index (χ1) is 7.57. The van der Waals surface area contributed by atoms with E-state index in [9.17, 15) is 5.26 Å². The van der Waals surface area contributed by atoms with E-state index >= 15 is 0 Å². The lowest BCUT2D eigenvalue weighted by Crippen LogP contribution is -2.29. The van der Waals surface area contributed by atoms with Gasteiger partial charge in [-0.15, -0.1) is 0 Å². The summed E-state index contributed by atoms with van der Waals surface area (Å²) in [5.74, 6) is 0.316. The third-order valence-corrected chi connectivity index (χ3v) is 2.79. The van der Waals surface area contributed by atoms with Crippen LogP contribution in [0, 0.1) is 23.2 Å². The van der Waals surface area contributed by atoms with Crippen LogP contribution in [0.2, 0.25) is 0 Å². The molecule has 0 aliphatic heterocycles. The SMILES string of the molecule is CC(C)C(C#N)C(c1cccnc1)N(C)C. The predicted octanol–water partition coefficient (Wildman–Crippen LogP) is 2.48. The second-order valence-electron chi connectivity index (χ2n) is 4.59. The molecule has 0 amide bonds. The number of nitrogens with zero attached hydrogens (tertiary/aromatic N) is 3. The number of aromatic nitrogens is 1. The third kappa shape index (κ3) is 2.80. The Kier molecular flexibility index (Phi) is 4.45. The fraction of sp³-hybridized carbons (Fsp3) is 0.538. The molecule has 1 heterocycles. The Labute approximate surface area is 97.7 Å². The van der Waals surface area contributed by atoms with E-state index in [1.807, 2.05) is 32.4 Å². The van der Waals surface area contributed by atoms with Crippen molar-refractivity contribution in [2.45, 2.75) is 19.9 Å². The molecule has 0 aliphatic carbocycles. The van der Waals surface area contributed by atoms with Gasteiger partial charge in [-0.3, -0.25) is 4.98 Å². The van der Waals surface area contributed by atoms with Crippen molar-refractivity contribution >= 4 is 0 Å². The van der Waals surface area contributed by atoms with Gasteiger partial charge in [-0.2, -0.15) is 5.26 Å². The van der Waals surface area contributed by atoms with Crippen LogP contribution in [0.25, 0.3) is 0 Å². The molecule has 0 radical (unpaired) electrons. The summed E-state index contributed by atoms with van der Waals surface area (Å²) < 4.78 is 0. The number of hydrogen-bond acceptors (Lipinski definition) is 3. The zero-order valence-corrected chi connectivity index (χ0v) is 10.4. The standard InChI is InChI=1S/C13H19N3/c1-10(2)12(8-14)13(16(3)4)11-6-5-7-15-9-11/h5-7,9-10,12-13H,1-4H3. The Morgan fingerprint density at radius 2 is 2.06 bits per heavy atom. The molecule has 0 aliphatic rings. The Balaban J connectivity index is 3.05. The van der Waals surface area contributed by atoms with Crippen molar-refractivity contribution in [1.82, 2.24) is 9.88 Å². The molecule has 2 atom stereocenters. The van der Waals surface area contributed by atoms with Crippen LogP contribution in [-0.2, 0) is 0 Å². The average Bonchev–Trinajstić information content (AvgIpc) is 2.25. The van der Waals surface area contributed by atoms with Crippen molar-refractivity contribution in [2.24, 2.45) is 11.8 Å². The number of nitriles is 1. The van der Waals surface area contributed by atoms with Crippen molar-refractivity contribution in [3.63, 3.8) is 0 Å². The van der Waals surface area contributed by atoms with Gasteiger partial charge in [-0.05, 0) is 31.6 Å². The summed E-state index contributed by atoms with van der Waals surface area (Å²) in [4.78, 5) is 6.22. The molecule has 0 aromatic carbocycles. The maximum Gasteiger partial charge on any atom is 0.0683 e. The van der Waals surface area contributed by atoms with Crippen LogP contribution in [0.5, 0.6) is 0 Å². The van der Waals surface area contributed by atoms with E-state index in [4.69, 9.17) is 0 Å². The minimum Gasteiger partial charge on any atom is -0.301 e. The molecule has 0 fully saturated rings. The quantitative estimate of drug-likeness (QED) is 0.778. The van der Waals surface area contributed by atoms with Crippen molar-refractivity contribution < 1.29 is 0 Å². The van der Waals surface area contributed by atoms with Gasteiger partial charge in [0.2, 0.25) is 0 Å². The molecule has 16 heavy (non-hydrogen) atoms. The molecule has 1 aromatic heterocycles. The lowest BCUT2D eigenvalue weighted by molar-refractivity contribution is 0.210. The van der Waals surface area contributed by atoms with Crippen molar-refractivity contribution in [3.05, 3.63) is 30.1 Å². The molecule has 1 rings (SSSR count). The molecule has 2 unspecified atom stereocenters. The van der Waals surface area contributed by atoms with Gasteiger partial charge in [0.05, 0.1) is 18.0 Å². The number of hydrogen-bond donors (Lipinski definition) is 0. The highest BCUT2D eigenvalue weighted by atomic mass is 15.1. The minimum absolute atomic E-state index is 0.0146. The Morgan fingerprint density at radius 1 is 1.38 bits per heavy atom. The molecule has 0 saturated carbocycles. The zero-order chi connectivity index (χ0) is 12.1. The maximum atomic E-state index is 9.28. The molecule has 3 heteroatoms. The minimum atomic E-state index is -0.0146. The maximum absolute atomic E-state index is 9.28. The van der Waals surface area contributed by atoms with Gasteiger partial charge in [0.25, 0.3) is 0 Å². The largest absolute Gasteiger partial charge is 0.301 e.